The van der Waals surface area contributed by atoms with Gasteiger partial charge in [-0.3, -0.25) is 4.90 Å². The largest absolute Gasteiger partial charge is 0.380 e. The van der Waals surface area contributed by atoms with E-state index in [1.807, 2.05) is 13.8 Å². The second kappa shape index (κ2) is 9.83. The van der Waals surface area contributed by atoms with Crippen LogP contribution in [0.5, 0.6) is 0 Å². The predicted molar refractivity (Wildman–Crippen MR) is 70.5 cm³/mol. The number of hydrogen-bond donors (Lipinski definition) is 1. The van der Waals surface area contributed by atoms with E-state index in [1.165, 1.54) is 12.8 Å². The number of nitrogens with zero attached hydrogens (tertiary/aromatic N) is 1. The first-order chi connectivity index (χ1) is 8.36. The molecule has 0 saturated heterocycles. The summed E-state index contributed by atoms with van der Waals surface area (Å²) in [5.74, 6) is 0. The minimum atomic E-state index is 0.802. The Morgan fingerprint density at radius 1 is 1.00 bits per heavy atom. The van der Waals surface area contributed by atoms with Crippen molar-refractivity contribution >= 4 is 0 Å². The SMILES string of the molecule is CCOCCN(CCNC1CC1)CCOCC. The number of nitrogens with one attached hydrogen (secondary N) is 1. The van der Waals surface area contributed by atoms with E-state index in [0.717, 1.165) is 58.6 Å². The molecule has 0 atom stereocenters. The zero-order valence-electron chi connectivity index (χ0n) is 11.4. The molecule has 0 aromatic heterocycles. The van der Waals surface area contributed by atoms with Crippen molar-refractivity contribution < 1.29 is 9.47 Å². The molecule has 4 heteroatoms. The Kier molecular flexibility index (Phi) is 8.61. The lowest BCUT2D eigenvalue weighted by atomic mass is 10.4. The Labute approximate surface area is 106 Å². The van der Waals surface area contributed by atoms with E-state index in [2.05, 4.69) is 10.2 Å². The van der Waals surface area contributed by atoms with Gasteiger partial charge in [0.15, 0.2) is 0 Å². The van der Waals surface area contributed by atoms with Crippen LogP contribution in [0.3, 0.4) is 0 Å². The molecule has 1 rings (SSSR count). The van der Waals surface area contributed by atoms with Gasteiger partial charge in [0.05, 0.1) is 13.2 Å². The van der Waals surface area contributed by atoms with Crippen LogP contribution < -0.4 is 5.32 Å². The monoisotopic (exact) mass is 244 g/mol. The summed E-state index contributed by atoms with van der Waals surface area (Å²) in [7, 11) is 0. The Bertz CT molecular complexity index is 165. The van der Waals surface area contributed by atoms with Gasteiger partial charge in [0, 0.05) is 45.4 Å². The minimum absolute atomic E-state index is 0.802. The van der Waals surface area contributed by atoms with E-state index in [-0.39, 0.29) is 0 Å². The Hall–Kier alpha value is -0.160. The van der Waals surface area contributed by atoms with E-state index in [1.54, 1.807) is 0 Å². The summed E-state index contributed by atoms with van der Waals surface area (Å²) in [6.45, 7) is 11.5. The van der Waals surface area contributed by atoms with Gasteiger partial charge in [-0.05, 0) is 26.7 Å². The minimum Gasteiger partial charge on any atom is -0.380 e. The zero-order chi connectivity index (χ0) is 12.3. The molecule has 0 heterocycles. The van der Waals surface area contributed by atoms with Crippen LogP contribution in [0.4, 0.5) is 0 Å². The summed E-state index contributed by atoms with van der Waals surface area (Å²) in [5.41, 5.74) is 0. The first-order valence-corrected chi connectivity index (χ1v) is 6.98. The van der Waals surface area contributed by atoms with Crippen molar-refractivity contribution in [2.75, 3.05) is 52.6 Å². The van der Waals surface area contributed by atoms with Crippen molar-refractivity contribution in [3.05, 3.63) is 0 Å². The highest BCUT2D eigenvalue weighted by atomic mass is 16.5. The summed E-state index contributed by atoms with van der Waals surface area (Å²) in [6.07, 6.45) is 2.72. The normalized spacial score (nSPS) is 15.7. The fourth-order valence-electron chi connectivity index (χ4n) is 1.73. The summed E-state index contributed by atoms with van der Waals surface area (Å²) >= 11 is 0. The molecule has 0 amide bonds. The third-order valence-electron chi connectivity index (χ3n) is 2.95. The van der Waals surface area contributed by atoms with E-state index in [9.17, 15) is 0 Å². The lowest BCUT2D eigenvalue weighted by Gasteiger charge is -2.22. The average molecular weight is 244 g/mol. The highest BCUT2D eigenvalue weighted by Gasteiger charge is 2.19. The maximum atomic E-state index is 5.41. The van der Waals surface area contributed by atoms with Crippen LogP contribution in [0.2, 0.25) is 0 Å². The molecule has 0 radical (unpaired) electrons. The van der Waals surface area contributed by atoms with Gasteiger partial charge in [0.25, 0.3) is 0 Å². The molecular formula is C13H28N2O2. The molecule has 1 aliphatic rings. The molecular weight excluding hydrogens is 216 g/mol. The molecule has 17 heavy (non-hydrogen) atoms. The van der Waals surface area contributed by atoms with Crippen LogP contribution >= 0.6 is 0 Å². The zero-order valence-corrected chi connectivity index (χ0v) is 11.4. The molecule has 0 aliphatic heterocycles. The summed E-state index contributed by atoms with van der Waals surface area (Å²) in [6, 6.07) is 0.802. The summed E-state index contributed by atoms with van der Waals surface area (Å²) in [4.78, 5) is 2.42. The fourth-order valence-corrected chi connectivity index (χ4v) is 1.73. The number of ether oxygens (including phenoxy) is 2. The highest BCUT2D eigenvalue weighted by Crippen LogP contribution is 2.17. The highest BCUT2D eigenvalue weighted by molar-refractivity contribution is 4.81. The quantitative estimate of drug-likeness (QED) is 0.522. The lowest BCUT2D eigenvalue weighted by molar-refractivity contribution is 0.0832. The third kappa shape index (κ3) is 8.55. The topological polar surface area (TPSA) is 33.7 Å². The van der Waals surface area contributed by atoms with Crippen molar-refractivity contribution in [1.82, 2.24) is 10.2 Å². The average Bonchev–Trinajstić information content (AvgIpc) is 3.13. The van der Waals surface area contributed by atoms with Crippen molar-refractivity contribution in [3.8, 4) is 0 Å². The smallest absolute Gasteiger partial charge is 0.0593 e. The molecule has 0 bridgehead atoms. The second-order valence-corrected chi connectivity index (χ2v) is 4.46. The molecule has 1 saturated carbocycles. The van der Waals surface area contributed by atoms with Crippen molar-refractivity contribution in [3.63, 3.8) is 0 Å². The predicted octanol–water partition coefficient (Wildman–Crippen LogP) is 1.11. The van der Waals surface area contributed by atoms with E-state index in [0.29, 0.717) is 0 Å². The molecule has 1 fully saturated rings. The van der Waals surface area contributed by atoms with Crippen LogP contribution in [0.15, 0.2) is 0 Å². The second-order valence-electron chi connectivity index (χ2n) is 4.46. The van der Waals surface area contributed by atoms with Crippen LogP contribution in [0.1, 0.15) is 26.7 Å². The third-order valence-corrected chi connectivity index (χ3v) is 2.95. The van der Waals surface area contributed by atoms with E-state index >= 15 is 0 Å². The molecule has 0 unspecified atom stereocenters. The van der Waals surface area contributed by atoms with Crippen molar-refractivity contribution in [2.45, 2.75) is 32.7 Å². The van der Waals surface area contributed by atoms with Crippen LogP contribution in [0.25, 0.3) is 0 Å². The fraction of sp³-hybridized carbons (Fsp3) is 1.00. The molecule has 102 valence electrons. The van der Waals surface area contributed by atoms with Crippen molar-refractivity contribution in [1.29, 1.82) is 0 Å². The van der Waals surface area contributed by atoms with Crippen LogP contribution in [-0.4, -0.2) is 63.5 Å². The van der Waals surface area contributed by atoms with Crippen molar-refractivity contribution in [2.24, 2.45) is 0 Å². The molecule has 0 aromatic carbocycles. The molecule has 0 aromatic rings. The first kappa shape index (κ1) is 14.9. The van der Waals surface area contributed by atoms with Gasteiger partial charge in [-0.2, -0.15) is 0 Å². The van der Waals surface area contributed by atoms with Gasteiger partial charge < -0.3 is 14.8 Å². The Morgan fingerprint density at radius 2 is 1.59 bits per heavy atom. The van der Waals surface area contributed by atoms with Gasteiger partial charge in [0.1, 0.15) is 0 Å². The lowest BCUT2D eigenvalue weighted by Crippen LogP contribution is -2.37. The first-order valence-electron chi connectivity index (χ1n) is 6.98. The Morgan fingerprint density at radius 3 is 2.06 bits per heavy atom. The number of rotatable bonds is 12. The van der Waals surface area contributed by atoms with Crippen LogP contribution in [-0.2, 0) is 9.47 Å². The van der Waals surface area contributed by atoms with Gasteiger partial charge >= 0.3 is 0 Å². The standard InChI is InChI=1S/C13H28N2O2/c1-3-16-11-9-15(10-12-17-4-2)8-7-14-13-5-6-13/h13-14H,3-12H2,1-2H3. The molecule has 1 aliphatic carbocycles. The van der Waals surface area contributed by atoms with Gasteiger partial charge in [-0.25, -0.2) is 0 Å². The maximum Gasteiger partial charge on any atom is 0.0593 e. The molecule has 4 nitrogen and oxygen atoms in total. The van der Waals surface area contributed by atoms with E-state index < -0.39 is 0 Å². The molecule has 0 spiro atoms. The summed E-state index contributed by atoms with van der Waals surface area (Å²) in [5, 5.41) is 3.54. The summed E-state index contributed by atoms with van der Waals surface area (Å²) < 4.78 is 10.8. The van der Waals surface area contributed by atoms with Gasteiger partial charge in [-0.15, -0.1) is 0 Å². The van der Waals surface area contributed by atoms with Gasteiger partial charge in [-0.1, -0.05) is 0 Å². The molecule has 1 N–H and O–H groups in total. The number of hydrogen-bond acceptors (Lipinski definition) is 4. The van der Waals surface area contributed by atoms with Crippen LogP contribution in [0, 0.1) is 0 Å². The van der Waals surface area contributed by atoms with Gasteiger partial charge in [0.2, 0.25) is 0 Å². The van der Waals surface area contributed by atoms with E-state index in [4.69, 9.17) is 9.47 Å². The maximum absolute atomic E-state index is 5.41. The Balaban J connectivity index is 2.04.